The van der Waals surface area contributed by atoms with E-state index in [0.717, 1.165) is 11.3 Å². The second kappa shape index (κ2) is 8.53. The summed E-state index contributed by atoms with van der Waals surface area (Å²) in [6, 6.07) is 17.3. The number of thiophene rings is 1. The summed E-state index contributed by atoms with van der Waals surface area (Å²) < 4.78 is 28.7. The van der Waals surface area contributed by atoms with Crippen LogP contribution < -0.4 is 10.0 Å². The zero-order valence-electron chi connectivity index (χ0n) is 13.7. The van der Waals surface area contributed by atoms with Gasteiger partial charge >= 0.3 is 0 Å². The smallest absolute Gasteiger partial charge is 0.251 e. The number of anilines is 1. The minimum Gasteiger partial charge on any atom is -0.324 e. The SMILES string of the molecule is O=C(Nc1ccc(Cl)cc1)[C@H](NS(=O)(=O)c1ccc(Br)s1)c1ccccc1. The number of sulfonamides is 1. The highest BCUT2D eigenvalue weighted by molar-refractivity contribution is 9.11. The highest BCUT2D eigenvalue weighted by Gasteiger charge is 2.28. The van der Waals surface area contributed by atoms with Crippen LogP contribution in [0.15, 0.2) is 74.7 Å². The van der Waals surface area contributed by atoms with Crippen molar-refractivity contribution >= 4 is 60.5 Å². The molecule has 3 aromatic rings. The topological polar surface area (TPSA) is 75.3 Å². The van der Waals surface area contributed by atoms with Gasteiger partial charge in [-0.25, -0.2) is 8.42 Å². The molecule has 1 aromatic heterocycles. The normalized spacial score (nSPS) is 12.5. The molecule has 0 bridgehead atoms. The maximum absolute atomic E-state index is 12.8. The largest absolute Gasteiger partial charge is 0.324 e. The first kappa shape index (κ1) is 20.0. The average molecular weight is 486 g/mol. The number of halogens is 2. The van der Waals surface area contributed by atoms with Crippen molar-refractivity contribution in [3.05, 3.63) is 81.1 Å². The second-order valence-corrected chi connectivity index (χ2v) is 10.4. The van der Waals surface area contributed by atoms with Crippen LogP contribution in [0.1, 0.15) is 11.6 Å². The molecule has 1 atom stereocenters. The molecule has 0 spiro atoms. The lowest BCUT2D eigenvalue weighted by atomic mass is 10.1. The lowest BCUT2D eigenvalue weighted by molar-refractivity contribution is -0.117. The Morgan fingerprint density at radius 3 is 2.26 bits per heavy atom. The molecule has 9 heteroatoms. The van der Waals surface area contributed by atoms with Gasteiger partial charge in [0, 0.05) is 10.7 Å². The van der Waals surface area contributed by atoms with Crippen molar-refractivity contribution in [1.29, 1.82) is 0 Å². The minimum atomic E-state index is -3.87. The summed E-state index contributed by atoms with van der Waals surface area (Å²) >= 11 is 10.2. The second-order valence-electron chi connectivity index (χ2n) is 5.52. The van der Waals surface area contributed by atoms with E-state index in [1.54, 1.807) is 60.7 Å². The van der Waals surface area contributed by atoms with Crippen LogP contribution in [0, 0.1) is 0 Å². The zero-order chi connectivity index (χ0) is 19.4. The first-order valence-corrected chi connectivity index (χ1v) is 11.2. The first-order valence-electron chi connectivity index (χ1n) is 7.74. The summed E-state index contributed by atoms with van der Waals surface area (Å²) in [7, 11) is -3.87. The van der Waals surface area contributed by atoms with Crippen LogP contribution >= 0.6 is 38.9 Å². The maximum Gasteiger partial charge on any atom is 0.251 e. The molecule has 140 valence electrons. The molecule has 0 aliphatic heterocycles. The summed E-state index contributed by atoms with van der Waals surface area (Å²) in [5, 5.41) is 3.26. The van der Waals surface area contributed by atoms with Gasteiger partial charge in [0.05, 0.1) is 3.79 Å². The molecule has 0 aliphatic carbocycles. The Bertz CT molecular complexity index is 1040. The van der Waals surface area contributed by atoms with Gasteiger partial charge in [-0.05, 0) is 57.9 Å². The van der Waals surface area contributed by atoms with Gasteiger partial charge in [0.15, 0.2) is 0 Å². The first-order chi connectivity index (χ1) is 12.8. The third-order valence-electron chi connectivity index (χ3n) is 3.59. The molecule has 0 saturated heterocycles. The van der Waals surface area contributed by atoms with Crippen molar-refractivity contribution in [2.45, 2.75) is 10.3 Å². The number of carbonyl (C=O) groups excluding carboxylic acids is 1. The van der Waals surface area contributed by atoms with Crippen LogP contribution in [-0.2, 0) is 14.8 Å². The fourth-order valence-electron chi connectivity index (χ4n) is 2.32. The molecule has 0 saturated carbocycles. The molecule has 0 unspecified atom stereocenters. The highest BCUT2D eigenvalue weighted by atomic mass is 79.9. The van der Waals surface area contributed by atoms with Gasteiger partial charge in [-0.1, -0.05) is 41.9 Å². The number of nitrogens with one attached hydrogen (secondary N) is 2. The van der Waals surface area contributed by atoms with Crippen molar-refractivity contribution in [3.63, 3.8) is 0 Å². The molecule has 27 heavy (non-hydrogen) atoms. The predicted molar refractivity (Wildman–Crippen MR) is 112 cm³/mol. The summed E-state index contributed by atoms with van der Waals surface area (Å²) in [5.41, 5.74) is 1.05. The monoisotopic (exact) mass is 484 g/mol. The molecule has 3 rings (SSSR count). The Balaban J connectivity index is 1.89. The van der Waals surface area contributed by atoms with Gasteiger partial charge in [-0.3, -0.25) is 4.79 Å². The highest BCUT2D eigenvalue weighted by Crippen LogP contribution is 2.28. The molecular formula is C18H14BrClN2O3S2. The van der Waals surface area contributed by atoms with Gasteiger partial charge in [0.1, 0.15) is 10.3 Å². The van der Waals surface area contributed by atoms with Crippen LogP contribution in [0.3, 0.4) is 0 Å². The lowest BCUT2D eigenvalue weighted by Crippen LogP contribution is -2.36. The van der Waals surface area contributed by atoms with Crippen LogP contribution in [0.2, 0.25) is 5.02 Å². The Labute approximate surface area is 174 Å². The van der Waals surface area contributed by atoms with Gasteiger partial charge < -0.3 is 5.32 Å². The number of rotatable bonds is 6. The number of amides is 1. The van der Waals surface area contributed by atoms with Crippen LogP contribution in [0.5, 0.6) is 0 Å². The quantitative estimate of drug-likeness (QED) is 0.525. The van der Waals surface area contributed by atoms with E-state index in [0.29, 0.717) is 20.1 Å². The maximum atomic E-state index is 12.8. The van der Waals surface area contributed by atoms with E-state index in [2.05, 4.69) is 26.0 Å². The molecule has 0 aliphatic rings. The van der Waals surface area contributed by atoms with E-state index in [9.17, 15) is 13.2 Å². The standard InChI is InChI=1S/C18H14BrClN2O3S2/c19-15-10-11-16(26-15)27(24,25)22-17(12-4-2-1-3-5-12)18(23)21-14-8-6-13(20)7-9-14/h1-11,17,22H,(H,21,23)/t17-/m1/s1. The van der Waals surface area contributed by atoms with Gasteiger partial charge in [-0.15, -0.1) is 11.3 Å². The van der Waals surface area contributed by atoms with Crippen LogP contribution in [0.4, 0.5) is 5.69 Å². The van der Waals surface area contributed by atoms with Crippen molar-refractivity contribution in [2.75, 3.05) is 5.32 Å². The summed E-state index contributed by atoms with van der Waals surface area (Å²) in [6.45, 7) is 0. The van der Waals surface area contributed by atoms with Gasteiger partial charge in [0.25, 0.3) is 10.0 Å². The Morgan fingerprint density at radius 2 is 1.67 bits per heavy atom. The fourth-order valence-corrected chi connectivity index (χ4v) is 5.66. The van der Waals surface area contributed by atoms with E-state index >= 15 is 0 Å². The molecule has 0 radical (unpaired) electrons. The summed E-state index contributed by atoms with van der Waals surface area (Å²) in [4.78, 5) is 12.8. The van der Waals surface area contributed by atoms with Crippen LogP contribution in [-0.4, -0.2) is 14.3 Å². The third-order valence-corrected chi connectivity index (χ3v) is 7.38. The number of hydrogen-bond acceptors (Lipinski definition) is 4. The summed E-state index contributed by atoms with van der Waals surface area (Å²) in [5.74, 6) is -0.497. The number of carbonyl (C=O) groups is 1. The van der Waals surface area contributed by atoms with Gasteiger partial charge in [-0.2, -0.15) is 4.72 Å². The number of benzene rings is 2. The van der Waals surface area contributed by atoms with Crippen molar-refractivity contribution in [3.8, 4) is 0 Å². The Morgan fingerprint density at radius 1 is 1.00 bits per heavy atom. The van der Waals surface area contributed by atoms with Crippen molar-refractivity contribution < 1.29 is 13.2 Å². The Kier molecular flexibility index (Phi) is 6.33. The molecule has 5 nitrogen and oxygen atoms in total. The number of hydrogen-bond donors (Lipinski definition) is 2. The molecule has 0 fully saturated rings. The van der Waals surface area contributed by atoms with Crippen molar-refractivity contribution in [2.24, 2.45) is 0 Å². The fraction of sp³-hybridized carbons (Fsp3) is 0.0556. The zero-order valence-corrected chi connectivity index (χ0v) is 17.7. The van der Waals surface area contributed by atoms with E-state index in [4.69, 9.17) is 11.6 Å². The van der Waals surface area contributed by atoms with E-state index in [-0.39, 0.29) is 4.21 Å². The van der Waals surface area contributed by atoms with Gasteiger partial charge in [0.2, 0.25) is 5.91 Å². The van der Waals surface area contributed by atoms with E-state index < -0.39 is 22.0 Å². The predicted octanol–water partition coefficient (Wildman–Crippen LogP) is 4.82. The molecule has 1 heterocycles. The third kappa shape index (κ3) is 5.18. The van der Waals surface area contributed by atoms with E-state index in [1.807, 2.05) is 0 Å². The lowest BCUT2D eigenvalue weighted by Gasteiger charge is -2.18. The summed E-state index contributed by atoms with van der Waals surface area (Å²) in [6.07, 6.45) is 0. The molecule has 1 amide bonds. The Hall–Kier alpha value is -1.71. The van der Waals surface area contributed by atoms with Crippen molar-refractivity contribution in [1.82, 2.24) is 4.72 Å². The molecular weight excluding hydrogens is 472 g/mol. The molecule has 2 aromatic carbocycles. The van der Waals surface area contributed by atoms with Crippen LogP contribution in [0.25, 0.3) is 0 Å². The van der Waals surface area contributed by atoms with E-state index in [1.165, 1.54) is 6.07 Å². The molecule has 2 N–H and O–H groups in total. The average Bonchev–Trinajstić information content (AvgIpc) is 3.10. The minimum absolute atomic E-state index is 0.120.